The van der Waals surface area contributed by atoms with Gasteiger partial charge in [0.05, 0.1) is 6.61 Å². The SMILES string of the molecule is CCCCCC(C)CCCCCCCCCCOS(=O)(=O)O. The zero-order valence-electron chi connectivity index (χ0n) is 14.6. The molecule has 0 saturated heterocycles. The van der Waals surface area contributed by atoms with E-state index in [0.29, 0.717) is 6.42 Å². The summed E-state index contributed by atoms with van der Waals surface area (Å²) in [5, 5.41) is 0. The number of hydrogen-bond donors (Lipinski definition) is 1. The first-order chi connectivity index (χ1) is 10.5. The van der Waals surface area contributed by atoms with Gasteiger partial charge in [-0.2, -0.15) is 8.42 Å². The molecule has 1 unspecified atom stereocenters. The first-order valence-corrected chi connectivity index (χ1v) is 10.4. The van der Waals surface area contributed by atoms with Gasteiger partial charge in [-0.15, -0.1) is 0 Å². The average Bonchev–Trinajstić information content (AvgIpc) is 2.44. The maximum Gasteiger partial charge on any atom is 0.397 e. The number of rotatable bonds is 16. The monoisotopic (exact) mass is 336 g/mol. The Morgan fingerprint density at radius 3 is 1.77 bits per heavy atom. The van der Waals surface area contributed by atoms with E-state index in [4.69, 9.17) is 4.55 Å². The van der Waals surface area contributed by atoms with E-state index in [2.05, 4.69) is 18.0 Å². The minimum absolute atomic E-state index is 0.0920. The third-order valence-corrected chi connectivity index (χ3v) is 4.59. The lowest BCUT2D eigenvalue weighted by Gasteiger charge is -2.10. The van der Waals surface area contributed by atoms with Crippen LogP contribution in [0.4, 0.5) is 0 Å². The van der Waals surface area contributed by atoms with E-state index >= 15 is 0 Å². The van der Waals surface area contributed by atoms with Crippen molar-refractivity contribution < 1.29 is 17.2 Å². The van der Waals surface area contributed by atoms with Gasteiger partial charge in [-0.3, -0.25) is 4.55 Å². The van der Waals surface area contributed by atoms with Crippen LogP contribution in [0.5, 0.6) is 0 Å². The Balaban J connectivity index is 3.17. The normalized spacial score (nSPS) is 13.4. The molecule has 0 radical (unpaired) electrons. The van der Waals surface area contributed by atoms with Crippen LogP contribution in [-0.2, 0) is 14.6 Å². The standard InChI is InChI=1S/C17H36O4S/c1-3-4-11-14-17(2)15-12-9-7-5-6-8-10-13-16-21-22(18,19)20/h17H,3-16H2,1-2H3,(H,18,19,20). The Labute approximate surface area is 138 Å². The highest BCUT2D eigenvalue weighted by Gasteiger charge is 2.03. The molecule has 0 bridgehead atoms. The van der Waals surface area contributed by atoms with Crippen molar-refractivity contribution in [1.82, 2.24) is 0 Å². The topological polar surface area (TPSA) is 63.6 Å². The van der Waals surface area contributed by atoms with E-state index in [1.165, 1.54) is 64.2 Å². The molecule has 5 heteroatoms. The van der Waals surface area contributed by atoms with Gasteiger partial charge in [-0.05, 0) is 12.3 Å². The fraction of sp³-hybridized carbons (Fsp3) is 1.00. The summed E-state index contributed by atoms with van der Waals surface area (Å²) < 4.78 is 33.3. The molecule has 0 aromatic carbocycles. The van der Waals surface area contributed by atoms with E-state index in [-0.39, 0.29) is 6.61 Å². The molecule has 0 fully saturated rings. The second-order valence-electron chi connectivity index (χ2n) is 6.47. The average molecular weight is 337 g/mol. The van der Waals surface area contributed by atoms with Crippen LogP contribution in [0.3, 0.4) is 0 Å². The minimum Gasteiger partial charge on any atom is -0.264 e. The zero-order chi connectivity index (χ0) is 16.7. The summed E-state index contributed by atoms with van der Waals surface area (Å²) in [6.45, 7) is 4.73. The van der Waals surface area contributed by atoms with Crippen LogP contribution in [0.1, 0.15) is 97.3 Å². The van der Waals surface area contributed by atoms with E-state index < -0.39 is 10.4 Å². The van der Waals surface area contributed by atoms with Crippen LogP contribution in [0.25, 0.3) is 0 Å². The van der Waals surface area contributed by atoms with Gasteiger partial charge in [0.1, 0.15) is 0 Å². The van der Waals surface area contributed by atoms with Gasteiger partial charge in [0.25, 0.3) is 0 Å². The van der Waals surface area contributed by atoms with Crippen LogP contribution in [0.15, 0.2) is 0 Å². The van der Waals surface area contributed by atoms with Crippen molar-refractivity contribution in [3.8, 4) is 0 Å². The molecule has 0 aromatic rings. The first-order valence-electron chi connectivity index (χ1n) is 9.07. The second-order valence-corrected chi connectivity index (χ2v) is 7.56. The van der Waals surface area contributed by atoms with Crippen LogP contribution < -0.4 is 0 Å². The molecule has 0 amide bonds. The first kappa shape index (κ1) is 21.9. The zero-order valence-corrected chi connectivity index (χ0v) is 15.4. The molecular formula is C17H36O4S. The summed E-state index contributed by atoms with van der Waals surface area (Å²) in [7, 11) is -4.25. The maximum absolute atomic E-state index is 10.3. The maximum atomic E-state index is 10.3. The van der Waals surface area contributed by atoms with E-state index in [0.717, 1.165) is 18.8 Å². The van der Waals surface area contributed by atoms with Gasteiger partial charge in [-0.1, -0.05) is 90.9 Å². The van der Waals surface area contributed by atoms with E-state index in [9.17, 15) is 8.42 Å². The molecule has 0 aromatic heterocycles. The summed E-state index contributed by atoms with van der Waals surface area (Å²) in [5.41, 5.74) is 0. The van der Waals surface area contributed by atoms with Gasteiger partial charge in [0.15, 0.2) is 0 Å². The molecule has 0 saturated carbocycles. The van der Waals surface area contributed by atoms with Gasteiger partial charge in [0.2, 0.25) is 0 Å². The highest BCUT2D eigenvalue weighted by atomic mass is 32.3. The van der Waals surface area contributed by atoms with E-state index in [1.54, 1.807) is 0 Å². The van der Waals surface area contributed by atoms with Crippen LogP contribution in [0.2, 0.25) is 0 Å². The molecule has 0 aliphatic carbocycles. The highest BCUT2D eigenvalue weighted by Crippen LogP contribution is 2.17. The molecule has 134 valence electrons. The highest BCUT2D eigenvalue weighted by molar-refractivity contribution is 7.80. The molecule has 0 aliphatic rings. The molecule has 0 spiro atoms. The van der Waals surface area contributed by atoms with Crippen LogP contribution in [0, 0.1) is 5.92 Å². The van der Waals surface area contributed by atoms with Gasteiger partial charge < -0.3 is 0 Å². The van der Waals surface area contributed by atoms with Gasteiger partial charge in [-0.25, -0.2) is 4.18 Å². The second kappa shape index (κ2) is 14.5. The lowest BCUT2D eigenvalue weighted by molar-refractivity contribution is 0.261. The van der Waals surface area contributed by atoms with Crippen molar-refractivity contribution in [3.05, 3.63) is 0 Å². The Morgan fingerprint density at radius 1 is 0.818 bits per heavy atom. The fourth-order valence-electron chi connectivity index (χ4n) is 2.71. The van der Waals surface area contributed by atoms with Crippen molar-refractivity contribution >= 4 is 10.4 Å². The quantitative estimate of drug-likeness (QED) is 0.297. The summed E-state index contributed by atoms with van der Waals surface area (Å²) in [6, 6.07) is 0. The van der Waals surface area contributed by atoms with Gasteiger partial charge in [0, 0.05) is 0 Å². The molecule has 1 atom stereocenters. The third-order valence-electron chi connectivity index (χ3n) is 4.12. The Kier molecular flexibility index (Phi) is 14.4. The van der Waals surface area contributed by atoms with Crippen molar-refractivity contribution in [2.75, 3.05) is 6.61 Å². The molecule has 0 aliphatic heterocycles. The lowest BCUT2D eigenvalue weighted by atomic mass is 9.96. The molecule has 0 heterocycles. The summed E-state index contributed by atoms with van der Waals surface area (Å²) >= 11 is 0. The number of hydrogen-bond acceptors (Lipinski definition) is 3. The van der Waals surface area contributed by atoms with Crippen molar-refractivity contribution in [2.45, 2.75) is 97.3 Å². The Bertz CT molecular complexity index is 328. The molecular weight excluding hydrogens is 300 g/mol. The number of unbranched alkanes of at least 4 members (excludes halogenated alkanes) is 9. The molecule has 1 N–H and O–H groups in total. The molecule has 4 nitrogen and oxygen atoms in total. The van der Waals surface area contributed by atoms with Gasteiger partial charge >= 0.3 is 10.4 Å². The molecule has 0 rings (SSSR count). The smallest absolute Gasteiger partial charge is 0.264 e. The third kappa shape index (κ3) is 17.9. The van der Waals surface area contributed by atoms with Crippen molar-refractivity contribution in [2.24, 2.45) is 5.92 Å². The van der Waals surface area contributed by atoms with E-state index in [1.807, 2.05) is 0 Å². The summed E-state index contributed by atoms with van der Waals surface area (Å²) in [4.78, 5) is 0. The predicted molar refractivity (Wildman–Crippen MR) is 92.4 cm³/mol. The largest absolute Gasteiger partial charge is 0.397 e. The lowest BCUT2D eigenvalue weighted by Crippen LogP contribution is -2.04. The minimum atomic E-state index is -4.25. The summed E-state index contributed by atoms with van der Waals surface area (Å²) in [5.74, 6) is 0.884. The Morgan fingerprint density at radius 2 is 1.27 bits per heavy atom. The van der Waals surface area contributed by atoms with Crippen LogP contribution >= 0.6 is 0 Å². The fourth-order valence-corrected chi connectivity index (χ4v) is 3.04. The predicted octanol–water partition coefficient (Wildman–Crippen LogP) is 5.53. The van der Waals surface area contributed by atoms with Crippen molar-refractivity contribution in [1.29, 1.82) is 0 Å². The molecule has 22 heavy (non-hydrogen) atoms. The van der Waals surface area contributed by atoms with Crippen molar-refractivity contribution in [3.63, 3.8) is 0 Å². The summed E-state index contributed by atoms with van der Waals surface area (Å²) in [6.07, 6.45) is 16.1. The Hall–Kier alpha value is -0.130. The van der Waals surface area contributed by atoms with Crippen LogP contribution in [-0.4, -0.2) is 19.6 Å².